The molecule has 4 N–H and O–H groups in total. The van der Waals surface area contributed by atoms with E-state index >= 15 is 0 Å². The van der Waals surface area contributed by atoms with E-state index in [9.17, 15) is 15.2 Å². The summed E-state index contributed by atoms with van der Waals surface area (Å²) in [5, 5.41) is 23.4. The SMILES string of the molecule is I.NC(=NCC(O)COc1ccc([N+](=O)[O-])cc1)NCC1CCC1. The minimum absolute atomic E-state index is 0. The van der Waals surface area contributed by atoms with Crippen molar-refractivity contribution in [3.8, 4) is 5.75 Å². The molecule has 1 aromatic carbocycles. The summed E-state index contributed by atoms with van der Waals surface area (Å²) in [6, 6.07) is 5.68. The van der Waals surface area contributed by atoms with Crippen molar-refractivity contribution in [1.29, 1.82) is 0 Å². The maximum atomic E-state index is 10.5. The van der Waals surface area contributed by atoms with Crippen molar-refractivity contribution in [2.24, 2.45) is 16.6 Å². The Morgan fingerprint density at radius 2 is 2.12 bits per heavy atom. The van der Waals surface area contributed by atoms with E-state index in [2.05, 4.69) is 10.3 Å². The van der Waals surface area contributed by atoms with Crippen LogP contribution in [0.1, 0.15) is 19.3 Å². The van der Waals surface area contributed by atoms with Crippen LogP contribution in [0.3, 0.4) is 0 Å². The van der Waals surface area contributed by atoms with Crippen molar-refractivity contribution in [1.82, 2.24) is 5.32 Å². The Bertz CT molecular complexity index is 549. The van der Waals surface area contributed by atoms with Crippen LogP contribution >= 0.6 is 24.0 Å². The maximum Gasteiger partial charge on any atom is 0.269 e. The van der Waals surface area contributed by atoms with Crippen LogP contribution in [0.5, 0.6) is 5.75 Å². The van der Waals surface area contributed by atoms with E-state index in [-0.39, 0.29) is 42.8 Å². The average molecular weight is 450 g/mol. The summed E-state index contributed by atoms with van der Waals surface area (Å²) >= 11 is 0. The zero-order chi connectivity index (χ0) is 16.7. The number of aliphatic hydroxyl groups is 1. The van der Waals surface area contributed by atoms with Crippen molar-refractivity contribution in [2.75, 3.05) is 19.7 Å². The number of aliphatic hydroxyl groups excluding tert-OH is 1. The average Bonchev–Trinajstić information content (AvgIpc) is 2.49. The van der Waals surface area contributed by atoms with Crippen LogP contribution in [-0.4, -0.2) is 41.8 Å². The lowest BCUT2D eigenvalue weighted by molar-refractivity contribution is -0.384. The third-order valence-electron chi connectivity index (χ3n) is 3.76. The minimum Gasteiger partial charge on any atom is -0.491 e. The first-order chi connectivity index (χ1) is 11.0. The second-order valence-corrected chi connectivity index (χ2v) is 5.62. The molecule has 1 atom stereocenters. The lowest BCUT2D eigenvalue weighted by Crippen LogP contribution is -2.38. The third-order valence-corrected chi connectivity index (χ3v) is 3.76. The van der Waals surface area contributed by atoms with Gasteiger partial charge in [-0.1, -0.05) is 6.42 Å². The van der Waals surface area contributed by atoms with Crippen LogP contribution in [0, 0.1) is 16.0 Å². The molecule has 9 heteroatoms. The van der Waals surface area contributed by atoms with Crippen LogP contribution < -0.4 is 15.8 Å². The van der Waals surface area contributed by atoms with Crippen molar-refractivity contribution >= 4 is 35.6 Å². The van der Waals surface area contributed by atoms with Crippen molar-refractivity contribution in [2.45, 2.75) is 25.4 Å². The smallest absolute Gasteiger partial charge is 0.269 e. The number of ether oxygens (including phenoxy) is 1. The largest absolute Gasteiger partial charge is 0.491 e. The third kappa shape index (κ3) is 6.87. The maximum absolute atomic E-state index is 10.5. The highest BCUT2D eigenvalue weighted by Crippen LogP contribution is 2.24. The Kier molecular flexibility index (Phi) is 8.76. The van der Waals surface area contributed by atoms with Crippen LogP contribution in [0.2, 0.25) is 0 Å². The van der Waals surface area contributed by atoms with E-state index in [4.69, 9.17) is 10.5 Å². The number of nitrogens with zero attached hydrogens (tertiary/aromatic N) is 2. The van der Waals surface area contributed by atoms with E-state index in [1.807, 2.05) is 0 Å². The first-order valence-corrected chi connectivity index (χ1v) is 7.63. The molecule has 1 fully saturated rings. The van der Waals surface area contributed by atoms with Gasteiger partial charge in [-0.15, -0.1) is 24.0 Å². The summed E-state index contributed by atoms with van der Waals surface area (Å²) in [6.07, 6.45) is 2.94. The number of benzene rings is 1. The van der Waals surface area contributed by atoms with Gasteiger partial charge in [-0.2, -0.15) is 0 Å². The number of nitro groups is 1. The molecule has 1 saturated carbocycles. The Labute approximate surface area is 157 Å². The number of aliphatic imine (C=N–C) groups is 1. The number of hydrogen-bond acceptors (Lipinski definition) is 5. The molecule has 0 spiro atoms. The van der Waals surface area contributed by atoms with Gasteiger partial charge in [0.1, 0.15) is 18.5 Å². The number of nitro benzene ring substituents is 1. The van der Waals surface area contributed by atoms with E-state index in [0.717, 1.165) is 6.54 Å². The van der Waals surface area contributed by atoms with Gasteiger partial charge in [-0.05, 0) is 30.9 Å². The number of guanidine groups is 1. The number of nitrogens with one attached hydrogen (secondary N) is 1. The van der Waals surface area contributed by atoms with E-state index in [1.54, 1.807) is 0 Å². The van der Waals surface area contributed by atoms with Crippen LogP contribution in [0.25, 0.3) is 0 Å². The second-order valence-electron chi connectivity index (χ2n) is 5.62. The quantitative estimate of drug-likeness (QED) is 0.182. The van der Waals surface area contributed by atoms with Gasteiger partial charge in [0.2, 0.25) is 0 Å². The number of rotatable bonds is 8. The predicted octanol–water partition coefficient (Wildman–Crippen LogP) is 1.66. The number of halogens is 1. The highest BCUT2D eigenvalue weighted by molar-refractivity contribution is 14.0. The molecular weight excluding hydrogens is 427 g/mol. The van der Waals surface area contributed by atoms with Crippen molar-refractivity contribution in [3.63, 3.8) is 0 Å². The summed E-state index contributed by atoms with van der Waals surface area (Å²) in [5.41, 5.74) is 5.72. The molecule has 0 aliphatic heterocycles. The van der Waals surface area contributed by atoms with E-state index in [0.29, 0.717) is 17.6 Å². The van der Waals surface area contributed by atoms with Gasteiger partial charge in [0.15, 0.2) is 5.96 Å². The van der Waals surface area contributed by atoms with Gasteiger partial charge < -0.3 is 20.9 Å². The van der Waals surface area contributed by atoms with Gasteiger partial charge in [-0.3, -0.25) is 15.1 Å². The Morgan fingerprint density at radius 1 is 1.46 bits per heavy atom. The number of hydrogen-bond donors (Lipinski definition) is 3. The second kappa shape index (κ2) is 10.3. The summed E-state index contributed by atoms with van der Waals surface area (Å²) < 4.78 is 5.36. The molecule has 1 aliphatic carbocycles. The van der Waals surface area contributed by atoms with Gasteiger partial charge >= 0.3 is 0 Å². The predicted molar refractivity (Wildman–Crippen MR) is 102 cm³/mol. The molecule has 1 aliphatic rings. The molecule has 1 unspecified atom stereocenters. The molecular formula is C15H23IN4O4. The zero-order valence-electron chi connectivity index (χ0n) is 13.3. The standard InChI is InChI=1S/C15H22N4O4.HI/c16-15(17-8-11-2-1-3-11)18-9-13(20)10-23-14-6-4-12(5-7-14)19(21)22;/h4-7,11,13,20H,1-3,8-10H2,(H3,16,17,18);1H. The summed E-state index contributed by atoms with van der Waals surface area (Å²) in [6.45, 7) is 0.998. The lowest BCUT2D eigenvalue weighted by Gasteiger charge is -2.25. The number of nitrogens with two attached hydrogens (primary N) is 1. The zero-order valence-corrected chi connectivity index (χ0v) is 15.6. The highest BCUT2D eigenvalue weighted by Gasteiger charge is 2.16. The molecule has 134 valence electrons. The fraction of sp³-hybridized carbons (Fsp3) is 0.533. The topological polar surface area (TPSA) is 123 Å². The Balaban J connectivity index is 0.00000288. The molecule has 0 saturated heterocycles. The van der Waals surface area contributed by atoms with Gasteiger partial charge in [0, 0.05) is 18.7 Å². The summed E-state index contributed by atoms with van der Waals surface area (Å²) in [4.78, 5) is 14.1. The summed E-state index contributed by atoms with van der Waals surface area (Å²) in [5.74, 6) is 1.46. The van der Waals surface area contributed by atoms with Crippen molar-refractivity contribution in [3.05, 3.63) is 34.4 Å². The van der Waals surface area contributed by atoms with Gasteiger partial charge in [0.25, 0.3) is 5.69 Å². The lowest BCUT2D eigenvalue weighted by atomic mass is 9.85. The minimum atomic E-state index is -0.797. The first-order valence-electron chi connectivity index (χ1n) is 7.63. The number of non-ortho nitro benzene ring substituents is 1. The Hall–Kier alpha value is -1.62. The van der Waals surface area contributed by atoms with Crippen LogP contribution in [-0.2, 0) is 0 Å². The van der Waals surface area contributed by atoms with Crippen LogP contribution in [0.4, 0.5) is 5.69 Å². The molecule has 0 aromatic heterocycles. The molecule has 0 amide bonds. The molecule has 1 aromatic rings. The Morgan fingerprint density at radius 3 is 2.67 bits per heavy atom. The van der Waals surface area contributed by atoms with Gasteiger partial charge in [-0.25, -0.2) is 0 Å². The molecule has 2 rings (SSSR count). The van der Waals surface area contributed by atoms with Gasteiger partial charge in [0.05, 0.1) is 11.5 Å². The monoisotopic (exact) mass is 450 g/mol. The van der Waals surface area contributed by atoms with E-state index < -0.39 is 11.0 Å². The summed E-state index contributed by atoms with van der Waals surface area (Å²) in [7, 11) is 0. The molecule has 0 heterocycles. The highest BCUT2D eigenvalue weighted by atomic mass is 127. The fourth-order valence-electron chi connectivity index (χ4n) is 2.11. The molecule has 0 radical (unpaired) electrons. The van der Waals surface area contributed by atoms with Crippen molar-refractivity contribution < 1.29 is 14.8 Å². The van der Waals surface area contributed by atoms with E-state index in [1.165, 1.54) is 43.5 Å². The molecule has 8 nitrogen and oxygen atoms in total. The molecule has 24 heavy (non-hydrogen) atoms. The fourth-order valence-corrected chi connectivity index (χ4v) is 2.11. The first kappa shape index (κ1) is 20.4. The molecule has 0 bridgehead atoms. The normalized spacial score (nSPS) is 15.8. The van der Waals surface area contributed by atoms with Crippen LogP contribution in [0.15, 0.2) is 29.3 Å².